The zero-order chi connectivity index (χ0) is 14.4. The Bertz CT molecular complexity index is 729. The number of carboxylic acid groups (broad SMARTS) is 1. The van der Waals surface area contributed by atoms with Gasteiger partial charge in [0.1, 0.15) is 0 Å². The first-order chi connectivity index (χ1) is 9.49. The van der Waals surface area contributed by atoms with Crippen molar-refractivity contribution in [2.24, 2.45) is 0 Å². The second-order valence-electron chi connectivity index (χ2n) is 4.38. The molecule has 0 fully saturated rings. The van der Waals surface area contributed by atoms with E-state index in [0.717, 1.165) is 0 Å². The minimum atomic E-state index is -1.12. The quantitative estimate of drug-likeness (QED) is 0.569. The highest BCUT2D eigenvalue weighted by molar-refractivity contribution is 6.22. The van der Waals surface area contributed by atoms with Gasteiger partial charge < -0.3 is 5.11 Å². The molecule has 0 saturated carbocycles. The second kappa shape index (κ2) is 3.99. The lowest BCUT2D eigenvalue weighted by atomic mass is 10.0. The van der Waals surface area contributed by atoms with Crippen LogP contribution in [-0.4, -0.2) is 21.8 Å². The smallest absolute Gasteiger partial charge is 0.335 e. The minimum Gasteiger partial charge on any atom is -0.478 e. The van der Waals surface area contributed by atoms with Gasteiger partial charge in [0.15, 0.2) is 5.78 Å². The molecule has 3 rings (SSSR count). The molecule has 1 N–H and O–H groups in total. The number of carbonyl (C=O) groups excluding carboxylic acids is 1. The van der Waals surface area contributed by atoms with Crippen LogP contribution in [0, 0.1) is 10.1 Å². The van der Waals surface area contributed by atoms with Gasteiger partial charge in [-0.1, -0.05) is 6.07 Å². The highest BCUT2D eigenvalue weighted by Crippen LogP contribution is 2.38. The maximum atomic E-state index is 12.2. The van der Waals surface area contributed by atoms with Gasteiger partial charge >= 0.3 is 5.97 Å². The average Bonchev–Trinajstić information content (AvgIpc) is 2.71. The molecular weight excluding hydrogens is 262 g/mol. The number of benzene rings is 2. The summed E-state index contributed by atoms with van der Waals surface area (Å²) in [4.78, 5) is 33.3. The topological polar surface area (TPSA) is 97.5 Å². The minimum absolute atomic E-state index is 0.0133. The van der Waals surface area contributed by atoms with Crippen molar-refractivity contribution >= 4 is 17.4 Å². The number of nitrogens with zero attached hydrogens (tertiary/aromatic N) is 1. The van der Waals surface area contributed by atoms with E-state index < -0.39 is 10.9 Å². The van der Waals surface area contributed by atoms with Crippen molar-refractivity contribution < 1.29 is 19.6 Å². The number of aromatic carboxylic acids is 1. The van der Waals surface area contributed by atoms with E-state index in [-0.39, 0.29) is 28.2 Å². The highest BCUT2D eigenvalue weighted by Gasteiger charge is 2.29. The van der Waals surface area contributed by atoms with E-state index in [0.29, 0.717) is 11.1 Å². The molecule has 0 aliphatic heterocycles. The van der Waals surface area contributed by atoms with Crippen molar-refractivity contribution in [3.8, 4) is 11.1 Å². The largest absolute Gasteiger partial charge is 0.478 e. The number of nitro groups is 1. The van der Waals surface area contributed by atoms with Crippen LogP contribution in [0.4, 0.5) is 5.69 Å². The Morgan fingerprint density at radius 1 is 1.00 bits per heavy atom. The average molecular weight is 269 g/mol. The van der Waals surface area contributed by atoms with Gasteiger partial charge in [-0.3, -0.25) is 14.9 Å². The van der Waals surface area contributed by atoms with E-state index in [2.05, 4.69) is 0 Å². The molecule has 0 bridgehead atoms. The van der Waals surface area contributed by atoms with Crippen molar-refractivity contribution in [2.45, 2.75) is 0 Å². The van der Waals surface area contributed by atoms with Gasteiger partial charge in [-0.25, -0.2) is 4.79 Å². The molecule has 2 aromatic carbocycles. The van der Waals surface area contributed by atoms with Gasteiger partial charge in [-0.05, 0) is 29.3 Å². The number of non-ortho nitro benzene ring substituents is 1. The van der Waals surface area contributed by atoms with Crippen LogP contribution in [0.1, 0.15) is 26.3 Å². The Kier molecular flexibility index (Phi) is 2.40. The maximum absolute atomic E-state index is 12.2. The number of nitro benzene ring substituents is 1. The standard InChI is InChI=1S/C14H7NO5/c16-13-11-5-7(14(17)18)1-3-9(11)10-4-2-8(15(19)20)6-12(10)13/h1-6H,(H,17,18). The predicted molar refractivity (Wildman–Crippen MR) is 68.9 cm³/mol. The zero-order valence-corrected chi connectivity index (χ0v) is 9.99. The molecule has 2 aromatic rings. The summed E-state index contributed by atoms with van der Waals surface area (Å²) >= 11 is 0. The van der Waals surface area contributed by atoms with Gasteiger partial charge in [0, 0.05) is 23.3 Å². The SMILES string of the molecule is O=C(O)c1ccc2c(c1)C(=O)c1cc([N+](=O)[O-])ccc1-2. The maximum Gasteiger partial charge on any atom is 0.335 e. The van der Waals surface area contributed by atoms with Crippen LogP contribution in [0.25, 0.3) is 11.1 Å². The zero-order valence-electron chi connectivity index (χ0n) is 9.99. The molecule has 6 heteroatoms. The molecule has 0 aromatic heterocycles. The first kappa shape index (κ1) is 12.0. The van der Waals surface area contributed by atoms with Crippen molar-refractivity contribution in [3.05, 3.63) is 63.2 Å². The molecule has 0 saturated heterocycles. The summed E-state index contributed by atoms with van der Waals surface area (Å²) in [6.07, 6.45) is 0. The third-order valence-corrected chi connectivity index (χ3v) is 3.26. The van der Waals surface area contributed by atoms with E-state index in [1.165, 1.54) is 30.3 Å². The molecule has 98 valence electrons. The van der Waals surface area contributed by atoms with Crippen LogP contribution in [0.15, 0.2) is 36.4 Å². The highest BCUT2D eigenvalue weighted by atomic mass is 16.6. The fourth-order valence-electron chi connectivity index (χ4n) is 2.31. The van der Waals surface area contributed by atoms with Crippen LogP contribution in [-0.2, 0) is 0 Å². The van der Waals surface area contributed by atoms with E-state index in [4.69, 9.17) is 5.11 Å². The Labute approximate surface area is 112 Å². The van der Waals surface area contributed by atoms with E-state index >= 15 is 0 Å². The summed E-state index contributed by atoms with van der Waals surface area (Å²) in [7, 11) is 0. The van der Waals surface area contributed by atoms with Crippen molar-refractivity contribution in [1.29, 1.82) is 0 Å². The normalized spacial score (nSPS) is 11.9. The first-order valence-electron chi connectivity index (χ1n) is 5.70. The summed E-state index contributed by atoms with van der Waals surface area (Å²) in [5.41, 5.74) is 1.54. The van der Waals surface area contributed by atoms with Crippen LogP contribution >= 0.6 is 0 Å². The van der Waals surface area contributed by atoms with Gasteiger partial charge in [0.25, 0.3) is 5.69 Å². The number of hydrogen-bond donors (Lipinski definition) is 1. The van der Waals surface area contributed by atoms with Crippen LogP contribution in [0.5, 0.6) is 0 Å². The lowest BCUT2D eigenvalue weighted by molar-refractivity contribution is -0.384. The fraction of sp³-hybridized carbons (Fsp3) is 0. The summed E-state index contributed by atoms with van der Waals surface area (Å²) in [6.45, 7) is 0. The van der Waals surface area contributed by atoms with Crippen molar-refractivity contribution in [3.63, 3.8) is 0 Å². The molecule has 1 aliphatic rings. The number of fused-ring (bicyclic) bond motifs is 3. The summed E-state index contributed by atoms with van der Waals surface area (Å²) in [5.74, 6) is -1.51. The van der Waals surface area contributed by atoms with Crippen molar-refractivity contribution in [1.82, 2.24) is 0 Å². The lowest BCUT2D eigenvalue weighted by Crippen LogP contribution is -2.00. The van der Waals surface area contributed by atoms with Crippen LogP contribution in [0.2, 0.25) is 0 Å². The number of carbonyl (C=O) groups is 2. The Morgan fingerprint density at radius 3 is 2.20 bits per heavy atom. The molecule has 1 aliphatic carbocycles. The molecule has 6 nitrogen and oxygen atoms in total. The van der Waals surface area contributed by atoms with Gasteiger partial charge in [0.05, 0.1) is 10.5 Å². The predicted octanol–water partition coefficient (Wildman–Crippen LogP) is 2.50. The molecule has 0 spiro atoms. The van der Waals surface area contributed by atoms with E-state index in [1.807, 2.05) is 0 Å². The molecule has 0 amide bonds. The molecular formula is C14H7NO5. The number of hydrogen-bond acceptors (Lipinski definition) is 4. The van der Waals surface area contributed by atoms with Crippen LogP contribution in [0.3, 0.4) is 0 Å². The number of rotatable bonds is 2. The first-order valence-corrected chi connectivity index (χ1v) is 5.70. The van der Waals surface area contributed by atoms with Crippen molar-refractivity contribution in [2.75, 3.05) is 0 Å². The molecule has 20 heavy (non-hydrogen) atoms. The second-order valence-corrected chi connectivity index (χ2v) is 4.38. The molecule has 0 heterocycles. The summed E-state index contributed by atoms with van der Waals surface area (Å²) in [6, 6.07) is 8.31. The Balaban J connectivity index is 2.21. The third kappa shape index (κ3) is 1.58. The number of carboxylic acids is 1. The Morgan fingerprint density at radius 2 is 1.60 bits per heavy atom. The van der Waals surface area contributed by atoms with E-state index in [1.54, 1.807) is 6.07 Å². The Hall–Kier alpha value is -3.02. The van der Waals surface area contributed by atoms with Gasteiger partial charge in [-0.15, -0.1) is 0 Å². The fourth-order valence-corrected chi connectivity index (χ4v) is 2.31. The molecule has 0 unspecified atom stereocenters. The monoisotopic (exact) mass is 269 g/mol. The molecule has 0 atom stereocenters. The lowest BCUT2D eigenvalue weighted by Gasteiger charge is -2.00. The summed E-state index contributed by atoms with van der Waals surface area (Å²) < 4.78 is 0. The van der Waals surface area contributed by atoms with E-state index in [9.17, 15) is 19.7 Å². The van der Waals surface area contributed by atoms with Gasteiger partial charge in [-0.2, -0.15) is 0 Å². The number of ketones is 1. The summed E-state index contributed by atoms with van der Waals surface area (Å²) in [5, 5.41) is 19.7. The van der Waals surface area contributed by atoms with Crippen LogP contribution < -0.4 is 0 Å². The third-order valence-electron chi connectivity index (χ3n) is 3.26. The van der Waals surface area contributed by atoms with Gasteiger partial charge in [0.2, 0.25) is 0 Å². The molecule has 0 radical (unpaired) electrons.